The lowest BCUT2D eigenvalue weighted by molar-refractivity contribution is 0.0847. The Morgan fingerprint density at radius 2 is 2.05 bits per heavy atom. The van der Waals surface area contributed by atoms with Crippen LogP contribution in [-0.4, -0.2) is 47.9 Å². The largest absolute Gasteiger partial charge is 0.395 e. The van der Waals surface area contributed by atoms with Crippen molar-refractivity contribution in [2.45, 2.75) is 37.9 Å². The van der Waals surface area contributed by atoms with Gasteiger partial charge in [-0.25, -0.2) is 0 Å². The molecule has 2 saturated carbocycles. The number of aliphatic hydroxyl groups excluding tert-OH is 3. The first-order valence-corrected chi connectivity index (χ1v) is 7.98. The van der Waals surface area contributed by atoms with Crippen LogP contribution in [-0.2, 0) is 4.74 Å². The molecule has 4 nitrogen and oxygen atoms in total. The summed E-state index contributed by atoms with van der Waals surface area (Å²) in [4.78, 5) is 0. The van der Waals surface area contributed by atoms with Crippen LogP contribution in [0, 0.1) is 23.2 Å². The Hall–Kier alpha value is -0.680. The van der Waals surface area contributed by atoms with Crippen LogP contribution in [0.5, 0.6) is 0 Å². The highest BCUT2D eigenvalue weighted by Crippen LogP contribution is 2.50. The highest BCUT2D eigenvalue weighted by atomic mass is 16.5. The molecule has 0 radical (unpaired) electrons. The molecule has 3 N–H and O–H groups in total. The normalized spacial score (nSPS) is 45.7. The van der Waals surface area contributed by atoms with Crippen molar-refractivity contribution in [3.8, 4) is 0 Å². The van der Waals surface area contributed by atoms with Gasteiger partial charge in [-0.05, 0) is 37.2 Å². The molecule has 3 aliphatic rings. The van der Waals surface area contributed by atoms with E-state index in [9.17, 15) is 15.3 Å². The van der Waals surface area contributed by atoms with Gasteiger partial charge in [0.1, 0.15) is 0 Å². The Kier molecular flexibility index (Phi) is 4.23. The van der Waals surface area contributed by atoms with Crippen molar-refractivity contribution in [1.82, 2.24) is 0 Å². The van der Waals surface area contributed by atoms with Crippen molar-refractivity contribution in [3.05, 3.63) is 23.8 Å². The van der Waals surface area contributed by atoms with Gasteiger partial charge in [-0.15, -0.1) is 0 Å². The second kappa shape index (κ2) is 5.84. The first kappa shape index (κ1) is 15.2. The van der Waals surface area contributed by atoms with E-state index in [1.165, 1.54) is 0 Å². The molecule has 0 saturated heterocycles. The first-order valence-electron chi connectivity index (χ1n) is 7.98. The van der Waals surface area contributed by atoms with E-state index >= 15 is 0 Å². The highest BCUT2D eigenvalue weighted by Gasteiger charge is 2.48. The quantitative estimate of drug-likeness (QED) is 0.686. The number of fused-ring (bicyclic) bond motifs is 2. The zero-order chi connectivity index (χ0) is 15.0. The zero-order valence-electron chi connectivity index (χ0n) is 12.6. The van der Waals surface area contributed by atoms with Crippen LogP contribution in [0.1, 0.15) is 25.7 Å². The van der Waals surface area contributed by atoms with E-state index in [4.69, 9.17) is 4.74 Å². The van der Waals surface area contributed by atoms with Crippen molar-refractivity contribution in [1.29, 1.82) is 0 Å². The second-order valence-electron chi connectivity index (χ2n) is 6.87. The average Bonchev–Trinajstić information content (AvgIpc) is 2.96. The second-order valence-corrected chi connectivity index (χ2v) is 6.87. The van der Waals surface area contributed by atoms with E-state index in [1.54, 1.807) is 7.11 Å². The Morgan fingerprint density at radius 1 is 1.24 bits per heavy atom. The summed E-state index contributed by atoms with van der Waals surface area (Å²) in [5.41, 5.74) is 0.641. The van der Waals surface area contributed by atoms with E-state index < -0.39 is 17.6 Å². The summed E-state index contributed by atoms with van der Waals surface area (Å²) in [6.07, 6.45) is 8.71. The molecular weight excluding hydrogens is 268 g/mol. The van der Waals surface area contributed by atoms with Gasteiger partial charge in [0, 0.05) is 24.4 Å². The smallest absolute Gasteiger partial charge is 0.0753 e. The number of aliphatic hydroxyl groups is 3. The van der Waals surface area contributed by atoms with E-state index in [2.05, 4.69) is 18.2 Å². The number of hydrogen-bond acceptors (Lipinski definition) is 4. The standard InChI is InChI=1S/C17H26O4/c1-21-9-11-2-4-14-16(20)6-7-17(14,10-18)8-13-12(11)3-5-15(13)19/h2,4,8,11-12,14-16,18-20H,3,5-7,9-10H2,1H3/t11-,12+,14+,15-,16+,17+/m1/s1. The van der Waals surface area contributed by atoms with E-state index in [0.29, 0.717) is 18.9 Å². The molecule has 0 aliphatic heterocycles. The summed E-state index contributed by atoms with van der Waals surface area (Å²) < 4.78 is 5.34. The molecule has 0 spiro atoms. The summed E-state index contributed by atoms with van der Waals surface area (Å²) in [5, 5.41) is 30.6. The summed E-state index contributed by atoms with van der Waals surface area (Å²) in [6.45, 7) is 0.650. The van der Waals surface area contributed by atoms with Gasteiger partial charge in [-0.2, -0.15) is 0 Å². The summed E-state index contributed by atoms with van der Waals surface area (Å²) >= 11 is 0. The van der Waals surface area contributed by atoms with E-state index in [1.807, 2.05) is 0 Å². The molecule has 0 heterocycles. The minimum atomic E-state index is -0.414. The molecule has 21 heavy (non-hydrogen) atoms. The fraction of sp³-hybridized carbons (Fsp3) is 0.765. The third-order valence-electron chi connectivity index (χ3n) is 5.74. The molecule has 0 unspecified atom stereocenters. The van der Waals surface area contributed by atoms with Crippen LogP contribution in [0.3, 0.4) is 0 Å². The molecule has 0 aromatic heterocycles. The Bertz CT molecular complexity index is 444. The summed E-state index contributed by atoms with van der Waals surface area (Å²) in [5.74, 6) is 0.462. The number of ether oxygens (including phenoxy) is 1. The minimum Gasteiger partial charge on any atom is -0.395 e. The lowest BCUT2D eigenvalue weighted by Crippen LogP contribution is -2.34. The van der Waals surface area contributed by atoms with E-state index in [-0.39, 0.29) is 18.4 Å². The van der Waals surface area contributed by atoms with Gasteiger partial charge >= 0.3 is 0 Å². The molecule has 0 amide bonds. The minimum absolute atomic E-state index is 0.0248. The summed E-state index contributed by atoms with van der Waals surface area (Å²) in [7, 11) is 1.70. The zero-order valence-corrected chi connectivity index (χ0v) is 12.6. The van der Waals surface area contributed by atoms with Gasteiger partial charge in [-0.3, -0.25) is 0 Å². The van der Waals surface area contributed by atoms with Crippen molar-refractivity contribution in [2.24, 2.45) is 23.2 Å². The van der Waals surface area contributed by atoms with Crippen molar-refractivity contribution in [2.75, 3.05) is 20.3 Å². The fourth-order valence-corrected chi connectivity index (χ4v) is 4.54. The topological polar surface area (TPSA) is 69.9 Å². The first-order chi connectivity index (χ1) is 10.1. The lowest BCUT2D eigenvalue weighted by Gasteiger charge is -2.35. The highest BCUT2D eigenvalue weighted by molar-refractivity contribution is 5.29. The number of hydrogen-bond donors (Lipinski definition) is 3. The van der Waals surface area contributed by atoms with Gasteiger partial charge < -0.3 is 20.1 Å². The van der Waals surface area contributed by atoms with Gasteiger partial charge in [0.05, 0.1) is 25.4 Å². The van der Waals surface area contributed by atoms with Gasteiger partial charge in [0.2, 0.25) is 0 Å². The fourth-order valence-electron chi connectivity index (χ4n) is 4.54. The van der Waals surface area contributed by atoms with Crippen LogP contribution < -0.4 is 0 Å². The Labute approximate surface area is 126 Å². The molecule has 0 aromatic carbocycles. The van der Waals surface area contributed by atoms with Gasteiger partial charge in [0.25, 0.3) is 0 Å². The third kappa shape index (κ3) is 2.48. The van der Waals surface area contributed by atoms with Gasteiger partial charge in [0.15, 0.2) is 0 Å². The molecule has 0 bridgehead atoms. The number of methoxy groups -OCH3 is 1. The maximum absolute atomic E-state index is 10.3. The Morgan fingerprint density at radius 3 is 2.76 bits per heavy atom. The SMILES string of the molecule is COC[C@H]1C=C[C@H]2[C@@H](O)CC[C@@]2(CO)C=C2[C@H](O)CC[C@H]21. The van der Waals surface area contributed by atoms with Gasteiger partial charge in [-0.1, -0.05) is 18.2 Å². The predicted molar refractivity (Wildman–Crippen MR) is 79.6 cm³/mol. The van der Waals surface area contributed by atoms with Crippen LogP contribution in [0.4, 0.5) is 0 Å². The third-order valence-corrected chi connectivity index (χ3v) is 5.74. The van der Waals surface area contributed by atoms with Crippen LogP contribution in [0.2, 0.25) is 0 Å². The maximum atomic E-state index is 10.3. The molecule has 3 aliphatic carbocycles. The molecule has 2 fully saturated rings. The molecule has 0 aromatic rings. The average molecular weight is 294 g/mol. The maximum Gasteiger partial charge on any atom is 0.0753 e. The van der Waals surface area contributed by atoms with Crippen molar-refractivity contribution in [3.63, 3.8) is 0 Å². The van der Waals surface area contributed by atoms with Crippen molar-refractivity contribution >= 4 is 0 Å². The molecule has 4 heteroatoms. The molecule has 3 rings (SSSR count). The van der Waals surface area contributed by atoms with E-state index in [0.717, 1.165) is 24.8 Å². The molecule has 6 atom stereocenters. The molecule has 118 valence electrons. The van der Waals surface area contributed by atoms with Crippen LogP contribution >= 0.6 is 0 Å². The monoisotopic (exact) mass is 294 g/mol. The lowest BCUT2D eigenvalue weighted by atomic mass is 9.71. The predicted octanol–water partition coefficient (Wildman–Crippen LogP) is 1.27. The molecular formula is C17H26O4. The Balaban J connectivity index is 2.02. The van der Waals surface area contributed by atoms with Crippen LogP contribution in [0.15, 0.2) is 23.8 Å². The van der Waals surface area contributed by atoms with Crippen LogP contribution in [0.25, 0.3) is 0 Å². The van der Waals surface area contributed by atoms with Crippen molar-refractivity contribution < 1.29 is 20.1 Å². The number of rotatable bonds is 3. The summed E-state index contributed by atoms with van der Waals surface area (Å²) in [6, 6.07) is 0.